The molecule has 0 aromatic heterocycles. The summed E-state index contributed by atoms with van der Waals surface area (Å²) in [6.45, 7) is 7.02. The SMILES string of the molecule is CC(C)COCC(O)CN(Cc1ccccc1)Cc1ccc(F)cc1. The molecule has 3 nitrogen and oxygen atoms in total. The summed E-state index contributed by atoms with van der Waals surface area (Å²) in [5, 5.41) is 10.3. The van der Waals surface area contributed by atoms with Gasteiger partial charge in [0.15, 0.2) is 0 Å². The zero-order valence-corrected chi connectivity index (χ0v) is 15.1. The van der Waals surface area contributed by atoms with Crippen LogP contribution >= 0.6 is 0 Å². The van der Waals surface area contributed by atoms with E-state index in [1.807, 2.05) is 18.2 Å². The minimum absolute atomic E-state index is 0.236. The number of benzene rings is 2. The molecule has 0 bridgehead atoms. The molecule has 0 spiro atoms. The summed E-state index contributed by atoms with van der Waals surface area (Å²) in [5.41, 5.74) is 2.20. The van der Waals surface area contributed by atoms with E-state index in [1.54, 1.807) is 12.1 Å². The summed E-state index contributed by atoms with van der Waals surface area (Å²) in [6, 6.07) is 16.7. The molecule has 0 amide bonds. The van der Waals surface area contributed by atoms with E-state index in [0.717, 1.165) is 12.1 Å². The molecule has 2 aromatic carbocycles. The van der Waals surface area contributed by atoms with Crippen molar-refractivity contribution in [3.05, 3.63) is 71.5 Å². The van der Waals surface area contributed by atoms with Crippen LogP contribution < -0.4 is 0 Å². The van der Waals surface area contributed by atoms with E-state index in [0.29, 0.717) is 32.2 Å². The van der Waals surface area contributed by atoms with Gasteiger partial charge in [-0.3, -0.25) is 4.90 Å². The summed E-state index contributed by atoms with van der Waals surface area (Å²) < 4.78 is 18.7. The Morgan fingerprint density at radius 3 is 2.12 bits per heavy atom. The van der Waals surface area contributed by atoms with E-state index in [4.69, 9.17) is 4.74 Å². The third-order valence-electron chi connectivity index (χ3n) is 3.80. The lowest BCUT2D eigenvalue weighted by molar-refractivity contribution is 0.00554. The summed E-state index contributed by atoms with van der Waals surface area (Å²) in [6.07, 6.45) is -0.553. The van der Waals surface area contributed by atoms with E-state index >= 15 is 0 Å². The van der Waals surface area contributed by atoms with Crippen LogP contribution in [-0.2, 0) is 17.8 Å². The molecule has 0 aliphatic heterocycles. The highest BCUT2D eigenvalue weighted by atomic mass is 19.1. The first kappa shape index (κ1) is 19.6. The van der Waals surface area contributed by atoms with Gasteiger partial charge in [0, 0.05) is 26.2 Å². The molecule has 1 unspecified atom stereocenters. The molecule has 4 heteroatoms. The number of ether oxygens (including phenoxy) is 1. The minimum atomic E-state index is -0.553. The second-order valence-electron chi connectivity index (χ2n) is 6.87. The van der Waals surface area contributed by atoms with Gasteiger partial charge in [-0.05, 0) is 29.2 Å². The maximum absolute atomic E-state index is 13.1. The van der Waals surface area contributed by atoms with Crippen LogP contribution in [-0.4, -0.2) is 35.9 Å². The summed E-state index contributed by atoms with van der Waals surface area (Å²) in [5.74, 6) is 0.215. The number of hydrogen-bond acceptors (Lipinski definition) is 3. The van der Waals surface area contributed by atoms with Gasteiger partial charge in [-0.1, -0.05) is 56.3 Å². The number of aliphatic hydroxyl groups is 1. The highest BCUT2D eigenvalue weighted by Gasteiger charge is 2.14. The van der Waals surface area contributed by atoms with Crippen LogP contribution in [0.5, 0.6) is 0 Å². The first-order valence-corrected chi connectivity index (χ1v) is 8.79. The molecular weight excluding hydrogens is 317 g/mol. The third kappa shape index (κ3) is 7.78. The Labute approximate surface area is 150 Å². The van der Waals surface area contributed by atoms with Gasteiger partial charge in [0.1, 0.15) is 5.82 Å². The van der Waals surface area contributed by atoms with Gasteiger partial charge in [0.2, 0.25) is 0 Å². The van der Waals surface area contributed by atoms with Crippen molar-refractivity contribution in [3.63, 3.8) is 0 Å². The molecule has 0 fully saturated rings. The Morgan fingerprint density at radius 2 is 1.52 bits per heavy atom. The topological polar surface area (TPSA) is 32.7 Å². The van der Waals surface area contributed by atoms with Crippen molar-refractivity contribution in [1.29, 1.82) is 0 Å². The Bertz CT molecular complexity index is 601. The second-order valence-corrected chi connectivity index (χ2v) is 6.87. The molecule has 1 atom stereocenters. The Kier molecular flexibility index (Phi) is 8.06. The molecule has 25 heavy (non-hydrogen) atoms. The van der Waals surface area contributed by atoms with Crippen LogP contribution in [0.3, 0.4) is 0 Å². The smallest absolute Gasteiger partial charge is 0.123 e. The van der Waals surface area contributed by atoms with Gasteiger partial charge in [-0.15, -0.1) is 0 Å². The molecule has 0 saturated carbocycles. The number of nitrogens with zero attached hydrogens (tertiary/aromatic N) is 1. The quantitative estimate of drug-likeness (QED) is 0.710. The fourth-order valence-electron chi connectivity index (χ4n) is 2.67. The van der Waals surface area contributed by atoms with Crippen LogP contribution in [0.4, 0.5) is 4.39 Å². The number of aliphatic hydroxyl groups excluding tert-OH is 1. The van der Waals surface area contributed by atoms with Crippen molar-refractivity contribution in [2.45, 2.75) is 33.0 Å². The van der Waals surface area contributed by atoms with E-state index in [1.165, 1.54) is 17.7 Å². The largest absolute Gasteiger partial charge is 0.389 e. The predicted molar refractivity (Wildman–Crippen MR) is 98.6 cm³/mol. The highest BCUT2D eigenvalue weighted by Crippen LogP contribution is 2.12. The van der Waals surface area contributed by atoms with Crippen LogP contribution in [0, 0.1) is 11.7 Å². The second kappa shape index (κ2) is 10.3. The van der Waals surface area contributed by atoms with Crippen LogP contribution in [0.15, 0.2) is 54.6 Å². The van der Waals surface area contributed by atoms with Gasteiger partial charge in [0.25, 0.3) is 0 Å². The third-order valence-corrected chi connectivity index (χ3v) is 3.80. The molecule has 136 valence electrons. The van der Waals surface area contributed by atoms with Gasteiger partial charge in [-0.25, -0.2) is 4.39 Å². The maximum atomic E-state index is 13.1. The van der Waals surface area contributed by atoms with Crippen LogP contribution in [0.2, 0.25) is 0 Å². The Hall–Kier alpha value is -1.75. The van der Waals surface area contributed by atoms with Crippen LogP contribution in [0.1, 0.15) is 25.0 Å². The van der Waals surface area contributed by atoms with E-state index in [-0.39, 0.29) is 5.82 Å². The van der Waals surface area contributed by atoms with E-state index < -0.39 is 6.10 Å². The monoisotopic (exact) mass is 345 g/mol. The number of halogens is 1. The fourth-order valence-corrected chi connectivity index (χ4v) is 2.67. The van der Waals surface area contributed by atoms with Gasteiger partial charge >= 0.3 is 0 Å². The lowest BCUT2D eigenvalue weighted by atomic mass is 10.1. The van der Waals surface area contributed by atoms with Gasteiger partial charge < -0.3 is 9.84 Å². The van der Waals surface area contributed by atoms with Crippen molar-refractivity contribution in [2.75, 3.05) is 19.8 Å². The average Bonchev–Trinajstić information content (AvgIpc) is 2.57. The molecule has 0 saturated heterocycles. The molecular formula is C21H28FNO2. The first-order chi connectivity index (χ1) is 12.0. The minimum Gasteiger partial charge on any atom is -0.389 e. The molecule has 0 radical (unpaired) electrons. The summed E-state index contributed by atoms with van der Waals surface area (Å²) >= 11 is 0. The Morgan fingerprint density at radius 1 is 0.920 bits per heavy atom. The number of hydrogen-bond donors (Lipinski definition) is 1. The lowest BCUT2D eigenvalue weighted by Gasteiger charge is -2.25. The van der Waals surface area contributed by atoms with Crippen molar-refractivity contribution < 1.29 is 14.2 Å². The first-order valence-electron chi connectivity index (χ1n) is 8.79. The standard InChI is InChI=1S/C21H28FNO2/c1-17(2)15-25-16-21(24)14-23(12-18-6-4-3-5-7-18)13-19-8-10-20(22)11-9-19/h3-11,17,21,24H,12-16H2,1-2H3. The molecule has 2 rings (SSSR count). The molecule has 0 aliphatic carbocycles. The summed E-state index contributed by atoms with van der Waals surface area (Å²) in [7, 11) is 0. The van der Waals surface area contributed by atoms with Crippen LogP contribution in [0.25, 0.3) is 0 Å². The highest BCUT2D eigenvalue weighted by molar-refractivity contribution is 5.17. The van der Waals surface area contributed by atoms with Gasteiger partial charge in [-0.2, -0.15) is 0 Å². The molecule has 0 aliphatic rings. The van der Waals surface area contributed by atoms with Crippen molar-refractivity contribution in [1.82, 2.24) is 4.90 Å². The molecule has 0 heterocycles. The normalized spacial score (nSPS) is 12.7. The van der Waals surface area contributed by atoms with E-state index in [9.17, 15) is 9.50 Å². The lowest BCUT2D eigenvalue weighted by Crippen LogP contribution is -2.34. The zero-order chi connectivity index (χ0) is 18.1. The number of rotatable bonds is 10. The van der Waals surface area contributed by atoms with Gasteiger partial charge in [0.05, 0.1) is 12.7 Å². The van der Waals surface area contributed by atoms with E-state index in [2.05, 4.69) is 30.9 Å². The summed E-state index contributed by atoms with van der Waals surface area (Å²) in [4.78, 5) is 2.16. The molecule has 2 aromatic rings. The maximum Gasteiger partial charge on any atom is 0.123 e. The Balaban J connectivity index is 1.96. The molecule has 1 N–H and O–H groups in total. The predicted octanol–water partition coefficient (Wildman–Crippen LogP) is 3.86. The van der Waals surface area contributed by atoms with Crippen molar-refractivity contribution >= 4 is 0 Å². The van der Waals surface area contributed by atoms with Crippen molar-refractivity contribution in [2.24, 2.45) is 5.92 Å². The average molecular weight is 345 g/mol. The fraction of sp³-hybridized carbons (Fsp3) is 0.429. The zero-order valence-electron chi connectivity index (χ0n) is 15.1. The van der Waals surface area contributed by atoms with Crippen molar-refractivity contribution in [3.8, 4) is 0 Å².